The van der Waals surface area contributed by atoms with Gasteiger partial charge in [-0.05, 0) is 23.3 Å². The molecule has 1 aromatic heterocycles. The van der Waals surface area contributed by atoms with Crippen LogP contribution in [-0.2, 0) is 13.1 Å². The van der Waals surface area contributed by atoms with E-state index < -0.39 is 0 Å². The van der Waals surface area contributed by atoms with E-state index >= 15 is 0 Å². The first-order valence-corrected chi connectivity index (χ1v) is 7.20. The quantitative estimate of drug-likeness (QED) is 0.797. The number of aromatic nitrogens is 1. The molecular formula is C14H9Cl3N4. The summed E-state index contributed by atoms with van der Waals surface area (Å²) < 4.78 is 0. The van der Waals surface area contributed by atoms with Crippen molar-refractivity contribution in [2.75, 3.05) is 10.6 Å². The zero-order valence-corrected chi connectivity index (χ0v) is 13.0. The lowest BCUT2D eigenvalue weighted by molar-refractivity contribution is 0.879. The zero-order valence-electron chi connectivity index (χ0n) is 10.7. The predicted molar refractivity (Wildman–Crippen MR) is 84.7 cm³/mol. The largest absolute Gasteiger partial charge is 0.383 e. The summed E-state index contributed by atoms with van der Waals surface area (Å²) in [6.07, 6.45) is 1.70. The monoisotopic (exact) mass is 338 g/mol. The van der Waals surface area contributed by atoms with Crippen LogP contribution < -0.4 is 10.6 Å². The number of fused-ring (bicyclic) bond motifs is 1. The van der Waals surface area contributed by atoms with Gasteiger partial charge in [0.15, 0.2) is 0 Å². The van der Waals surface area contributed by atoms with Crippen LogP contribution >= 0.6 is 34.8 Å². The van der Waals surface area contributed by atoms with Gasteiger partial charge in [0.2, 0.25) is 0 Å². The second-order valence-electron chi connectivity index (χ2n) is 4.71. The van der Waals surface area contributed by atoms with Crippen LogP contribution in [0.2, 0.25) is 15.1 Å². The Morgan fingerprint density at radius 1 is 1.19 bits per heavy atom. The predicted octanol–water partition coefficient (Wildman–Crippen LogP) is 4.02. The number of nitriles is 1. The van der Waals surface area contributed by atoms with Crippen LogP contribution in [0.5, 0.6) is 0 Å². The molecule has 0 spiro atoms. The van der Waals surface area contributed by atoms with Crippen molar-refractivity contribution < 1.29 is 0 Å². The summed E-state index contributed by atoms with van der Waals surface area (Å²) >= 11 is 18.1. The molecule has 4 nitrogen and oxygen atoms in total. The third kappa shape index (κ3) is 2.38. The number of nitrogens with zero attached hydrogens (tertiary/aromatic N) is 3. The minimum Gasteiger partial charge on any atom is -0.383 e. The Bertz CT molecular complexity index is 760. The molecule has 0 saturated carbocycles. The third-order valence-electron chi connectivity index (χ3n) is 3.46. The average molecular weight is 340 g/mol. The topological polar surface area (TPSA) is 65.9 Å². The molecule has 106 valence electrons. The maximum Gasteiger partial charge on any atom is 0.141 e. The van der Waals surface area contributed by atoms with Gasteiger partial charge in [-0.15, -0.1) is 0 Å². The van der Waals surface area contributed by atoms with E-state index in [1.165, 1.54) is 0 Å². The summed E-state index contributed by atoms with van der Waals surface area (Å²) in [6, 6.07) is 5.62. The number of anilines is 2. The lowest BCUT2D eigenvalue weighted by Gasteiger charge is -2.19. The number of nitrogen functional groups attached to an aromatic ring is 1. The van der Waals surface area contributed by atoms with E-state index in [0.717, 1.165) is 16.8 Å². The highest BCUT2D eigenvalue weighted by Gasteiger charge is 2.25. The number of hydrogen-bond donors (Lipinski definition) is 1. The fourth-order valence-electron chi connectivity index (χ4n) is 2.41. The Kier molecular flexibility index (Phi) is 3.58. The van der Waals surface area contributed by atoms with Gasteiger partial charge in [0, 0.05) is 25.0 Å². The highest BCUT2D eigenvalue weighted by Crippen LogP contribution is 2.38. The summed E-state index contributed by atoms with van der Waals surface area (Å²) in [5, 5.41) is 10.3. The molecule has 0 radical (unpaired) electrons. The lowest BCUT2D eigenvalue weighted by Crippen LogP contribution is -2.14. The molecule has 2 heterocycles. The number of halogens is 3. The van der Waals surface area contributed by atoms with Crippen molar-refractivity contribution in [1.29, 1.82) is 5.26 Å². The standard InChI is InChI=1S/C14H9Cl3N4/c15-11-1-8(2-12(16)13(11)17)21-5-7-4-20-14(19)9(3-18)10(7)6-21/h1-2,4H,5-6H2,(H2,19,20). The van der Waals surface area contributed by atoms with Gasteiger partial charge in [-0.3, -0.25) is 0 Å². The Balaban J connectivity index is 2.01. The van der Waals surface area contributed by atoms with E-state index in [1.807, 2.05) is 4.90 Å². The van der Waals surface area contributed by atoms with Crippen LogP contribution in [0.15, 0.2) is 18.3 Å². The summed E-state index contributed by atoms with van der Waals surface area (Å²) in [5.74, 6) is 0.255. The van der Waals surface area contributed by atoms with Crippen molar-refractivity contribution in [2.24, 2.45) is 0 Å². The molecule has 0 unspecified atom stereocenters. The van der Waals surface area contributed by atoms with Crippen molar-refractivity contribution in [3.8, 4) is 6.07 Å². The summed E-state index contributed by atoms with van der Waals surface area (Å²) in [6.45, 7) is 1.17. The maximum atomic E-state index is 9.22. The molecule has 1 aliphatic rings. The molecule has 2 N–H and O–H groups in total. The van der Waals surface area contributed by atoms with E-state index in [-0.39, 0.29) is 5.82 Å². The summed E-state index contributed by atoms with van der Waals surface area (Å²) in [5.41, 5.74) is 8.89. The first-order valence-electron chi connectivity index (χ1n) is 6.07. The van der Waals surface area contributed by atoms with E-state index in [9.17, 15) is 5.26 Å². The molecule has 1 aromatic carbocycles. The van der Waals surface area contributed by atoms with Crippen molar-refractivity contribution in [3.63, 3.8) is 0 Å². The number of benzene rings is 1. The number of hydrogen-bond acceptors (Lipinski definition) is 4. The van der Waals surface area contributed by atoms with E-state index in [1.54, 1.807) is 18.3 Å². The van der Waals surface area contributed by atoms with E-state index in [2.05, 4.69) is 11.1 Å². The normalized spacial score (nSPS) is 13.1. The van der Waals surface area contributed by atoms with Gasteiger partial charge in [0.1, 0.15) is 11.9 Å². The first-order chi connectivity index (χ1) is 10.0. The zero-order chi connectivity index (χ0) is 15.1. The first kappa shape index (κ1) is 14.3. The molecule has 0 saturated heterocycles. The maximum absolute atomic E-state index is 9.22. The fourth-order valence-corrected chi connectivity index (χ4v) is 2.99. The van der Waals surface area contributed by atoms with Crippen LogP contribution in [0, 0.1) is 11.3 Å². The number of rotatable bonds is 1. The highest BCUT2D eigenvalue weighted by molar-refractivity contribution is 6.48. The van der Waals surface area contributed by atoms with Crippen LogP contribution in [0.1, 0.15) is 16.7 Å². The Morgan fingerprint density at radius 2 is 1.86 bits per heavy atom. The Labute approximate surface area is 136 Å². The van der Waals surface area contributed by atoms with Gasteiger partial charge in [0.05, 0.1) is 20.6 Å². The molecule has 0 fully saturated rings. The fraction of sp³-hybridized carbons (Fsp3) is 0.143. The molecule has 21 heavy (non-hydrogen) atoms. The minimum absolute atomic E-state index is 0.255. The second-order valence-corrected chi connectivity index (χ2v) is 5.91. The van der Waals surface area contributed by atoms with Crippen LogP contribution in [-0.4, -0.2) is 4.98 Å². The van der Waals surface area contributed by atoms with Gasteiger partial charge in [0.25, 0.3) is 0 Å². The molecule has 3 rings (SSSR count). The Morgan fingerprint density at radius 3 is 2.48 bits per heavy atom. The molecule has 7 heteroatoms. The van der Waals surface area contributed by atoms with Crippen LogP contribution in [0.3, 0.4) is 0 Å². The SMILES string of the molecule is N#Cc1c(N)ncc2c1CN(c1cc(Cl)c(Cl)c(Cl)c1)C2. The summed E-state index contributed by atoms with van der Waals surface area (Å²) in [7, 11) is 0. The molecule has 0 aliphatic carbocycles. The third-order valence-corrected chi connectivity index (χ3v) is 4.66. The van der Waals surface area contributed by atoms with Crippen molar-refractivity contribution in [1.82, 2.24) is 4.98 Å². The number of pyridine rings is 1. The summed E-state index contributed by atoms with van der Waals surface area (Å²) in [4.78, 5) is 6.10. The smallest absolute Gasteiger partial charge is 0.141 e. The van der Waals surface area contributed by atoms with Gasteiger partial charge >= 0.3 is 0 Å². The Hall–Kier alpha value is -1.67. The lowest BCUT2D eigenvalue weighted by atomic mass is 10.1. The van der Waals surface area contributed by atoms with E-state index in [0.29, 0.717) is 33.7 Å². The molecule has 0 amide bonds. The van der Waals surface area contributed by atoms with Crippen LogP contribution in [0.4, 0.5) is 11.5 Å². The van der Waals surface area contributed by atoms with Gasteiger partial charge in [-0.2, -0.15) is 5.26 Å². The molecule has 1 aliphatic heterocycles. The minimum atomic E-state index is 0.255. The van der Waals surface area contributed by atoms with Crippen LogP contribution in [0.25, 0.3) is 0 Å². The van der Waals surface area contributed by atoms with Crippen molar-refractivity contribution in [2.45, 2.75) is 13.1 Å². The molecule has 2 aromatic rings. The van der Waals surface area contributed by atoms with Crippen molar-refractivity contribution >= 4 is 46.3 Å². The van der Waals surface area contributed by atoms with Crippen molar-refractivity contribution in [3.05, 3.63) is 50.1 Å². The molecular weight excluding hydrogens is 331 g/mol. The molecule has 0 atom stereocenters. The molecule has 0 bridgehead atoms. The van der Waals surface area contributed by atoms with E-state index in [4.69, 9.17) is 40.5 Å². The second kappa shape index (κ2) is 5.27. The highest BCUT2D eigenvalue weighted by atomic mass is 35.5. The van der Waals surface area contributed by atoms with Gasteiger partial charge < -0.3 is 10.6 Å². The van der Waals surface area contributed by atoms with Gasteiger partial charge in [-0.1, -0.05) is 34.8 Å². The number of nitrogens with two attached hydrogens (primary N) is 1. The average Bonchev–Trinajstić information content (AvgIpc) is 2.88. The van der Waals surface area contributed by atoms with Gasteiger partial charge in [-0.25, -0.2) is 4.98 Å².